The lowest BCUT2D eigenvalue weighted by molar-refractivity contribution is -0.143. The Morgan fingerprint density at radius 2 is 2.00 bits per heavy atom. The lowest BCUT2D eigenvalue weighted by Crippen LogP contribution is -2.37. The van der Waals surface area contributed by atoms with E-state index in [9.17, 15) is 9.59 Å². The number of carbonyl (C=O) groups excluding carboxylic acids is 2. The van der Waals surface area contributed by atoms with Crippen molar-refractivity contribution in [3.8, 4) is 0 Å². The van der Waals surface area contributed by atoms with Gasteiger partial charge in [-0.25, -0.2) is 0 Å². The molecule has 0 unspecified atom stereocenters. The quantitative estimate of drug-likeness (QED) is 0.758. The number of ether oxygens (including phenoxy) is 1. The summed E-state index contributed by atoms with van der Waals surface area (Å²) in [6.07, 6.45) is 0.769. The minimum absolute atomic E-state index is 0.0357. The number of hydrogen-bond donors (Lipinski definition) is 0. The number of amides is 1. The summed E-state index contributed by atoms with van der Waals surface area (Å²) < 4.78 is 4.89. The van der Waals surface area contributed by atoms with Crippen molar-refractivity contribution in [2.24, 2.45) is 0 Å². The Hall–Kier alpha value is -1.55. The van der Waals surface area contributed by atoms with E-state index >= 15 is 0 Å². The third-order valence-corrected chi connectivity index (χ3v) is 3.23. The molecule has 1 amide bonds. The first-order chi connectivity index (χ1) is 9.49. The van der Waals surface area contributed by atoms with Gasteiger partial charge in [0.05, 0.1) is 6.61 Å². The van der Waals surface area contributed by atoms with Crippen molar-refractivity contribution in [1.29, 1.82) is 0 Å². The number of hydrogen-bond acceptors (Lipinski definition) is 3. The molecule has 110 valence electrons. The molecule has 0 atom stereocenters. The van der Waals surface area contributed by atoms with Crippen LogP contribution in [0, 0.1) is 6.92 Å². The van der Waals surface area contributed by atoms with E-state index in [0.29, 0.717) is 23.7 Å². The van der Waals surface area contributed by atoms with E-state index < -0.39 is 5.97 Å². The van der Waals surface area contributed by atoms with Gasteiger partial charge < -0.3 is 9.64 Å². The molecule has 0 spiro atoms. The maximum absolute atomic E-state index is 12.4. The van der Waals surface area contributed by atoms with Gasteiger partial charge in [0.2, 0.25) is 0 Å². The van der Waals surface area contributed by atoms with Crippen LogP contribution in [0.15, 0.2) is 18.2 Å². The van der Waals surface area contributed by atoms with Gasteiger partial charge in [-0.1, -0.05) is 24.6 Å². The van der Waals surface area contributed by atoms with E-state index in [1.165, 1.54) is 4.90 Å². The average Bonchev–Trinajstić information content (AvgIpc) is 2.41. The van der Waals surface area contributed by atoms with Gasteiger partial charge in [-0.05, 0) is 38.0 Å². The maximum atomic E-state index is 12.4. The Kier molecular flexibility index (Phi) is 6.52. The number of rotatable bonds is 6. The molecule has 0 saturated carbocycles. The monoisotopic (exact) mass is 297 g/mol. The van der Waals surface area contributed by atoms with Gasteiger partial charge in [0.1, 0.15) is 6.54 Å². The highest BCUT2D eigenvalue weighted by Crippen LogP contribution is 2.18. The number of aryl methyl sites for hydroxylation is 1. The van der Waals surface area contributed by atoms with Crippen LogP contribution in [-0.2, 0) is 9.53 Å². The molecule has 0 heterocycles. The van der Waals surface area contributed by atoms with Crippen molar-refractivity contribution >= 4 is 23.5 Å². The van der Waals surface area contributed by atoms with Crippen molar-refractivity contribution in [3.05, 3.63) is 34.3 Å². The fraction of sp³-hybridized carbons (Fsp3) is 0.467. The summed E-state index contributed by atoms with van der Waals surface area (Å²) in [7, 11) is 0. The van der Waals surface area contributed by atoms with Crippen LogP contribution in [0.2, 0.25) is 5.02 Å². The fourth-order valence-electron chi connectivity index (χ4n) is 1.79. The van der Waals surface area contributed by atoms with Gasteiger partial charge in [-0.3, -0.25) is 9.59 Å². The lowest BCUT2D eigenvalue weighted by Gasteiger charge is -2.21. The number of halogens is 1. The highest BCUT2D eigenvalue weighted by atomic mass is 35.5. The Bertz CT molecular complexity index is 488. The molecule has 0 aliphatic heterocycles. The topological polar surface area (TPSA) is 46.6 Å². The molecule has 0 aromatic heterocycles. The van der Waals surface area contributed by atoms with E-state index in [1.807, 2.05) is 13.8 Å². The van der Waals surface area contributed by atoms with E-state index in [-0.39, 0.29) is 12.5 Å². The van der Waals surface area contributed by atoms with Crippen LogP contribution >= 0.6 is 11.6 Å². The lowest BCUT2D eigenvalue weighted by atomic mass is 10.1. The van der Waals surface area contributed by atoms with E-state index in [2.05, 4.69) is 0 Å². The van der Waals surface area contributed by atoms with Gasteiger partial charge >= 0.3 is 5.97 Å². The molecule has 0 aliphatic rings. The second kappa shape index (κ2) is 7.90. The molecule has 0 fully saturated rings. The first-order valence-electron chi connectivity index (χ1n) is 6.70. The fourth-order valence-corrected chi connectivity index (χ4v) is 1.97. The van der Waals surface area contributed by atoms with Crippen molar-refractivity contribution in [1.82, 2.24) is 4.90 Å². The summed E-state index contributed by atoms with van der Waals surface area (Å²) in [5.41, 5.74) is 1.40. The van der Waals surface area contributed by atoms with Gasteiger partial charge in [-0.2, -0.15) is 0 Å². The third-order valence-electron chi connectivity index (χ3n) is 2.82. The zero-order valence-corrected chi connectivity index (χ0v) is 12.9. The molecule has 1 aromatic carbocycles. The molecule has 5 heteroatoms. The van der Waals surface area contributed by atoms with E-state index in [4.69, 9.17) is 16.3 Å². The standard InChI is InChI=1S/C15H20ClNO3/c1-4-8-17(10-14(18)20-5-2)15(19)12-7-6-11(3)13(16)9-12/h6-7,9H,4-5,8,10H2,1-3H3. The molecule has 0 aliphatic carbocycles. The minimum Gasteiger partial charge on any atom is -0.465 e. The summed E-state index contributed by atoms with van der Waals surface area (Å²) >= 11 is 6.03. The molecule has 0 saturated heterocycles. The molecular weight excluding hydrogens is 278 g/mol. The van der Waals surface area contributed by atoms with E-state index in [1.54, 1.807) is 25.1 Å². The van der Waals surface area contributed by atoms with Crippen molar-refractivity contribution < 1.29 is 14.3 Å². The van der Waals surface area contributed by atoms with Crippen molar-refractivity contribution in [2.45, 2.75) is 27.2 Å². The van der Waals surface area contributed by atoms with Crippen LogP contribution in [0.3, 0.4) is 0 Å². The summed E-state index contributed by atoms with van der Waals surface area (Å²) in [6, 6.07) is 5.15. The van der Waals surface area contributed by atoms with Gasteiger partial charge in [-0.15, -0.1) is 0 Å². The number of esters is 1. The summed E-state index contributed by atoms with van der Waals surface area (Å²) in [6.45, 7) is 6.34. The second-order valence-electron chi connectivity index (χ2n) is 4.50. The van der Waals surface area contributed by atoms with Crippen LogP contribution < -0.4 is 0 Å². The first kappa shape index (κ1) is 16.5. The maximum Gasteiger partial charge on any atom is 0.325 e. The summed E-state index contributed by atoms with van der Waals surface area (Å²) in [4.78, 5) is 25.4. The highest BCUT2D eigenvalue weighted by Gasteiger charge is 2.19. The Labute approximate surface area is 124 Å². The zero-order valence-electron chi connectivity index (χ0n) is 12.1. The number of benzene rings is 1. The second-order valence-corrected chi connectivity index (χ2v) is 4.90. The Morgan fingerprint density at radius 3 is 2.55 bits per heavy atom. The zero-order chi connectivity index (χ0) is 15.1. The number of nitrogens with zero attached hydrogens (tertiary/aromatic N) is 1. The highest BCUT2D eigenvalue weighted by molar-refractivity contribution is 6.31. The van der Waals surface area contributed by atoms with Crippen molar-refractivity contribution in [3.63, 3.8) is 0 Å². The normalized spacial score (nSPS) is 10.2. The molecule has 0 N–H and O–H groups in total. The Morgan fingerprint density at radius 1 is 1.30 bits per heavy atom. The SMILES string of the molecule is CCCN(CC(=O)OCC)C(=O)c1ccc(C)c(Cl)c1. The van der Waals surface area contributed by atoms with Gasteiger partial charge in [0.25, 0.3) is 5.91 Å². The van der Waals surface area contributed by atoms with Crippen molar-refractivity contribution in [2.75, 3.05) is 19.7 Å². The van der Waals surface area contributed by atoms with Crippen LogP contribution in [0.25, 0.3) is 0 Å². The number of carbonyl (C=O) groups is 2. The molecule has 1 aromatic rings. The van der Waals surface area contributed by atoms with Gasteiger partial charge in [0.15, 0.2) is 0 Å². The molecule has 1 rings (SSSR count). The smallest absolute Gasteiger partial charge is 0.325 e. The molecule has 0 bridgehead atoms. The first-order valence-corrected chi connectivity index (χ1v) is 7.08. The predicted molar refractivity (Wildman–Crippen MR) is 79.0 cm³/mol. The van der Waals surface area contributed by atoms with Gasteiger partial charge in [0, 0.05) is 17.1 Å². The molecular formula is C15H20ClNO3. The summed E-state index contributed by atoms with van der Waals surface area (Å²) in [5.74, 6) is -0.602. The van der Waals surface area contributed by atoms with Crippen LogP contribution in [0.1, 0.15) is 36.2 Å². The molecule has 4 nitrogen and oxygen atoms in total. The van der Waals surface area contributed by atoms with E-state index in [0.717, 1.165) is 12.0 Å². The molecule has 20 heavy (non-hydrogen) atoms. The van der Waals surface area contributed by atoms with Crippen LogP contribution in [0.4, 0.5) is 0 Å². The largest absolute Gasteiger partial charge is 0.465 e. The minimum atomic E-state index is -0.396. The van der Waals surface area contributed by atoms with Crippen LogP contribution in [0.5, 0.6) is 0 Å². The van der Waals surface area contributed by atoms with Crippen LogP contribution in [-0.4, -0.2) is 36.5 Å². The predicted octanol–water partition coefficient (Wildman–Crippen LogP) is 3.06. The molecule has 0 radical (unpaired) electrons. The summed E-state index contributed by atoms with van der Waals surface area (Å²) in [5, 5.41) is 0.545. The Balaban J connectivity index is 2.87. The average molecular weight is 298 g/mol. The third kappa shape index (κ3) is 4.53.